The number of piperazine rings is 1. The largest absolute Gasteiger partial charge is 0.468 e. The van der Waals surface area contributed by atoms with Crippen molar-refractivity contribution in [1.29, 1.82) is 0 Å². The van der Waals surface area contributed by atoms with Gasteiger partial charge in [0.1, 0.15) is 34.2 Å². The van der Waals surface area contributed by atoms with Gasteiger partial charge in [0, 0.05) is 43.7 Å². The van der Waals surface area contributed by atoms with Gasteiger partial charge in [-0.15, -0.1) is 6.42 Å². The van der Waals surface area contributed by atoms with Crippen molar-refractivity contribution in [3.63, 3.8) is 0 Å². The zero-order valence-corrected chi connectivity index (χ0v) is 29.3. The number of carbonyl (C=O) groups is 1. The molecule has 4 heterocycles. The van der Waals surface area contributed by atoms with Gasteiger partial charge in [-0.05, 0) is 63.0 Å². The fourth-order valence-corrected chi connectivity index (χ4v) is 6.66. The van der Waals surface area contributed by atoms with E-state index >= 15 is 8.78 Å². The number of pyridine rings is 1. The molecule has 0 aliphatic carbocycles. The van der Waals surface area contributed by atoms with Gasteiger partial charge in [0.05, 0.1) is 16.6 Å². The van der Waals surface area contributed by atoms with Gasteiger partial charge in [-0.3, -0.25) is 0 Å². The first kappa shape index (κ1) is 35.1. The molecule has 2 aromatic carbocycles. The number of hydrogen-bond acceptors (Lipinski definition) is 9. The van der Waals surface area contributed by atoms with E-state index in [0.29, 0.717) is 76.8 Å². The molecule has 0 spiro atoms. The molecule has 0 bridgehead atoms. The normalized spacial score (nSPS) is 15.7. The summed E-state index contributed by atoms with van der Waals surface area (Å²) in [4.78, 5) is 31.3. The van der Waals surface area contributed by atoms with Crippen molar-refractivity contribution in [3.05, 3.63) is 47.2 Å². The SMILES string of the molecule is C#Cc1c(F)ccc2cc(OCOC)cc(-c3nc4c5c(nc(SCC)nc5c3F)N3CCN(C(=O)OC(C)(C)C)CC3CC4)c12.CC. The van der Waals surface area contributed by atoms with Crippen molar-refractivity contribution in [1.82, 2.24) is 19.9 Å². The van der Waals surface area contributed by atoms with Gasteiger partial charge >= 0.3 is 6.09 Å². The number of fused-ring (bicyclic) bond motifs is 3. The summed E-state index contributed by atoms with van der Waals surface area (Å²) in [5.74, 6) is 2.85. The second-order valence-electron chi connectivity index (χ2n) is 12.2. The van der Waals surface area contributed by atoms with Gasteiger partial charge in [0.2, 0.25) is 0 Å². The summed E-state index contributed by atoms with van der Waals surface area (Å²) in [6, 6.07) is 6.07. The third kappa shape index (κ3) is 6.84. The molecular weight excluding hydrogens is 636 g/mol. The van der Waals surface area contributed by atoms with Gasteiger partial charge in [0.25, 0.3) is 0 Å². The van der Waals surface area contributed by atoms with E-state index in [-0.39, 0.29) is 41.3 Å². The lowest BCUT2D eigenvalue weighted by atomic mass is 9.95. The zero-order valence-electron chi connectivity index (χ0n) is 28.4. The van der Waals surface area contributed by atoms with E-state index < -0.39 is 17.2 Å². The Labute approximate surface area is 284 Å². The number of aryl methyl sites for hydroxylation is 1. The van der Waals surface area contributed by atoms with Gasteiger partial charge in [-0.1, -0.05) is 44.5 Å². The predicted octanol–water partition coefficient (Wildman–Crippen LogP) is 7.60. The number of carbonyl (C=O) groups excluding carboxylic acids is 1. The number of anilines is 1. The van der Waals surface area contributed by atoms with Gasteiger partial charge < -0.3 is 24.0 Å². The summed E-state index contributed by atoms with van der Waals surface area (Å²) in [5, 5.41) is 1.88. The van der Waals surface area contributed by atoms with Gasteiger partial charge in [-0.2, -0.15) is 0 Å². The number of amides is 1. The van der Waals surface area contributed by atoms with Crippen LogP contribution in [0.5, 0.6) is 5.75 Å². The van der Waals surface area contributed by atoms with Crippen LogP contribution in [-0.2, 0) is 15.9 Å². The van der Waals surface area contributed by atoms with Crippen LogP contribution in [0.3, 0.4) is 0 Å². The van der Waals surface area contributed by atoms with Crippen molar-refractivity contribution in [2.75, 3.05) is 44.2 Å². The Morgan fingerprint density at radius 1 is 1.12 bits per heavy atom. The van der Waals surface area contributed by atoms with Crippen LogP contribution in [0.25, 0.3) is 32.9 Å². The highest BCUT2D eigenvalue weighted by Crippen LogP contribution is 2.42. The number of methoxy groups -OCH3 is 1. The molecule has 12 heteroatoms. The minimum atomic E-state index is -0.663. The van der Waals surface area contributed by atoms with Crippen LogP contribution in [0.2, 0.25) is 0 Å². The number of terminal acetylenes is 1. The Kier molecular flexibility index (Phi) is 10.6. The van der Waals surface area contributed by atoms with E-state index in [2.05, 4.69) is 15.8 Å². The summed E-state index contributed by atoms with van der Waals surface area (Å²) in [6.45, 7) is 12.8. The van der Waals surface area contributed by atoms with E-state index in [1.807, 2.05) is 41.5 Å². The quantitative estimate of drug-likeness (QED) is 0.0886. The highest BCUT2D eigenvalue weighted by atomic mass is 32.2. The van der Waals surface area contributed by atoms with E-state index in [4.69, 9.17) is 30.6 Å². The number of ether oxygens (including phenoxy) is 3. The summed E-state index contributed by atoms with van der Waals surface area (Å²) < 4.78 is 48.5. The first-order valence-corrected chi connectivity index (χ1v) is 17.1. The lowest BCUT2D eigenvalue weighted by Gasteiger charge is -2.41. The number of aromatic nitrogens is 3. The third-order valence-electron chi connectivity index (χ3n) is 8.00. The molecule has 6 rings (SSSR count). The molecule has 1 amide bonds. The average molecular weight is 678 g/mol. The van der Waals surface area contributed by atoms with Crippen LogP contribution in [0, 0.1) is 24.0 Å². The van der Waals surface area contributed by atoms with Crippen LogP contribution >= 0.6 is 11.8 Å². The molecule has 2 aromatic heterocycles. The zero-order chi connectivity index (χ0) is 34.7. The topological polar surface area (TPSA) is 89.9 Å². The molecule has 0 N–H and O–H groups in total. The maximum atomic E-state index is 17.0. The van der Waals surface area contributed by atoms with Crippen LogP contribution in [0.4, 0.5) is 19.4 Å². The number of rotatable bonds is 6. The fourth-order valence-electron chi connectivity index (χ4n) is 6.09. The van der Waals surface area contributed by atoms with Crippen molar-refractivity contribution in [2.45, 2.75) is 71.2 Å². The number of hydrogen-bond donors (Lipinski definition) is 0. The van der Waals surface area contributed by atoms with Crippen LogP contribution < -0.4 is 9.64 Å². The smallest absolute Gasteiger partial charge is 0.410 e. The maximum absolute atomic E-state index is 17.0. The summed E-state index contributed by atoms with van der Waals surface area (Å²) >= 11 is 1.41. The maximum Gasteiger partial charge on any atom is 0.410 e. The summed E-state index contributed by atoms with van der Waals surface area (Å²) in [5.41, 5.74) is 0.408. The van der Waals surface area contributed by atoms with Crippen molar-refractivity contribution in [3.8, 4) is 29.4 Å². The molecule has 0 radical (unpaired) electrons. The van der Waals surface area contributed by atoms with Crippen molar-refractivity contribution in [2.24, 2.45) is 0 Å². The number of thioether (sulfide) groups is 1. The summed E-state index contributed by atoms with van der Waals surface area (Å²) in [6.07, 6.45) is 6.51. The Balaban J connectivity index is 0.00000221. The number of halogens is 2. The lowest BCUT2D eigenvalue weighted by molar-refractivity contribution is 0.0212. The molecule has 1 fully saturated rings. The molecule has 254 valence electrons. The standard InChI is InChI=1S/C34H35F2N5O4S.C2H6/c1-7-22-24(35)11-9-19-15-21(44-18-43-6)16-23(26(19)22)29-28(36)30-27-25(37-29)12-10-20-17-40(33(42)45-34(3,4)5)13-14-41(20)31(27)39-32(38-30)46-8-2;1-2/h1,9,11,15-16,20H,8,10,12-14,17-18H2,2-6H3;1-2H3. The molecule has 1 saturated heterocycles. The van der Waals surface area contributed by atoms with E-state index in [1.54, 1.807) is 23.1 Å². The highest BCUT2D eigenvalue weighted by Gasteiger charge is 2.37. The Hall–Kier alpha value is -4.21. The highest BCUT2D eigenvalue weighted by molar-refractivity contribution is 7.99. The van der Waals surface area contributed by atoms with E-state index in [1.165, 1.54) is 24.9 Å². The second-order valence-corrected chi connectivity index (χ2v) is 13.4. The second kappa shape index (κ2) is 14.5. The molecule has 9 nitrogen and oxygen atoms in total. The minimum absolute atomic E-state index is 0.00271. The fraction of sp³-hybridized carbons (Fsp3) is 0.444. The predicted molar refractivity (Wildman–Crippen MR) is 186 cm³/mol. The summed E-state index contributed by atoms with van der Waals surface area (Å²) in [7, 11) is 1.50. The van der Waals surface area contributed by atoms with Crippen LogP contribution in [0.1, 0.15) is 59.2 Å². The lowest BCUT2D eigenvalue weighted by Crippen LogP contribution is -2.55. The van der Waals surface area contributed by atoms with Crippen molar-refractivity contribution >= 4 is 45.3 Å². The molecule has 48 heavy (non-hydrogen) atoms. The first-order chi connectivity index (χ1) is 23.0. The monoisotopic (exact) mass is 677 g/mol. The number of nitrogens with zero attached hydrogens (tertiary/aromatic N) is 5. The van der Waals surface area contributed by atoms with Gasteiger partial charge in [-0.25, -0.2) is 28.5 Å². The van der Waals surface area contributed by atoms with Crippen molar-refractivity contribution < 1.29 is 27.8 Å². The Morgan fingerprint density at radius 3 is 2.58 bits per heavy atom. The minimum Gasteiger partial charge on any atom is -0.468 e. The molecule has 1 atom stereocenters. The van der Waals surface area contributed by atoms with E-state index in [9.17, 15) is 4.79 Å². The van der Waals surface area contributed by atoms with Crippen LogP contribution in [0.15, 0.2) is 29.4 Å². The molecular formula is C36H41F2N5O4S. The Morgan fingerprint density at radius 2 is 1.90 bits per heavy atom. The van der Waals surface area contributed by atoms with Crippen LogP contribution in [-0.4, -0.2) is 76.9 Å². The van der Waals surface area contributed by atoms with Gasteiger partial charge in [0.15, 0.2) is 17.8 Å². The molecule has 2 aliphatic rings. The first-order valence-electron chi connectivity index (χ1n) is 16.1. The molecule has 2 aliphatic heterocycles. The average Bonchev–Trinajstić information content (AvgIpc) is 3.22. The molecule has 4 aromatic rings. The molecule has 0 saturated carbocycles. The third-order valence-corrected chi connectivity index (χ3v) is 8.73. The number of benzene rings is 2. The Bertz CT molecular complexity index is 1890. The molecule has 1 unspecified atom stereocenters. The van der Waals surface area contributed by atoms with E-state index in [0.717, 1.165) is 0 Å².